The second-order valence-electron chi connectivity index (χ2n) is 1.76. The van der Waals surface area contributed by atoms with Gasteiger partial charge in [-0.2, -0.15) is 0 Å². The summed E-state index contributed by atoms with van der Waals surface area (Å²) in [6.07, 6.45) is 0.397. The predicted octanol–water partition coefficient (Wildman–Crippen LogP) is 1.46. The third-order valence-electron chi connectivity index (χ3n) is 0.835. The Morgan fingerprint density at radius 2 is 2.10 bits per heavy atom. The molecule has 0 spiro atoms. The van der Waals surface area contributed by atoms with E-state index in [2.05, 4.69) is 0 Å². The van der Waals surface area contributed by atoms with Crippen molar-refractivity contribution in [1.29, 1.82) is 0 Å². The number of halogens is 1. The van der Waals surface area contributed by atoms with E-state index in [0.29, 0.717) is 12.2 Å². The van der Waals surface area contributed by atoms with Crippen LogP contribution in [0.3, 0.4) is 0 Å². The van der Waals surface area contributed by atoms with Crippen molar-refractivity contribution in [2.24, 2.45) is 0 Å². The van der Waals surface area contributed by atoms with Crippen LogP contribution in [0.2, 0.25) is 0 Å². The number of hydrogen-bond acceptors (Lipinski definition) is 3. The zero-order chi connectivity index (χ0) is 7.98. The minimum absolute atomic E-state index is 0.00424. The third kappa shape index (κ3) is 6.11. The fourth-order valence-electron chi connectivity index (χ4n) is 0.375. The van der Waals surface area contributed by atoms with E-state index >= 15 is 0 Å². The van der Waals surface area contributed by atoms with E-state index in [1.54, 1.807) is 0 Å². The van der Waals surface area contributed by atoms with Gasteiger partial charge in [0, 0.05) is 19.1 Å². The summed E-state index contributed by atoms with van der Waals surface area (Å²) in [6, 6.07) is 0. The molecule has 2 nitrogen and oxygen atoms in total. The smallest absolute Gasteiger partial charge is 0.185 e. The first-order valence-electron chi connectivity index (χ1n) is 2.88. The van der Waals surface area contributed by atoms with Crippen molar-refractivity contribution < 1.29 is 9.59 Å². The lowest BCUT2D eigenvalue weighted by molar-refractivity contribution is -0.116. The van der Waals surface area contributed by atoms with Crippen LogP contribution in [0.5, 0.6) is 0 Å². The molecule has 10 heavy (non-hydrogen) atoms. The quantitative estimate of drug-likeness (QED) is 0.615. The molecule has 0 radical (unpaired) electrons. The highest BCUT2D eigenvalue weighted by atomic mass is 35.5. The Morgan fingerprint density at radius 3 is 2.50 bits per heavy atom. The molecule has 0 saturated heterocycles. The molecular weight excluding hydrogens is 172 g/mol. The first kappa shape index (κ1) is 9.98. The fourth-order valence-corrected chi connectivity index (χ4v) is 1.13. The lowest BCUT2D eigenvalue weighted by atomic mass is 10.3. The summed E-state index contributed by atoms with van der Waals surface area (Å²) in [4.78, 5) is 20.9. The highest BCUT2D eigenvalue weighted by molar-refractivity contribution is 8.13. The largest absolute Gasteiger partial charge is 0.298 e. The maximum Gasteiger partial charge on any atom is 0.185 e. The van der Waals surface area contributed by atoms with Gasteiger partial charge in [0.1, 0.15) is 5.78 Å². The molecule has 0 unspecified atom stereocenters. The number of Topliss-reactive ketones (excluding diaryl/α,β-unsaturated/α-hetero) is 1. The molecule has 0 heterocycles. The van der Waals surface area contributed by atoms with Crippen molar-refractivity contribution in [3.05, 3.63) is 0 Å². The zero-order valence-electron chi connectivity index (χ0n) is 5.72. The summed E-state index contributed by atoms with van der Waals surface area (Å²) in [7, 11) is 0. The molecule has 0 rings (SSSR count). The number of carbonyl (C=O) groups excluding carboxylic acids is 2. The first-order chi connectivity index (χ1) is 4.66. The van der Waals surface area contributed by atoms with E-state index in [9.17, 15) is 9.59 Å². The van der Waals surface area contributed by atoms with Crippen LogP contribution >= 0.6 is 23.4 Å². The standard InChI is InChI=1S/C6H9ClO2S/c1-5(8)10-3-2-6(9)4-7/h2-4H2,1H3. The van der Waals surface area contributed by atoms with Crippen LogP contribution in [0.25, 0.3) is 0 Å². The minimum Gasteiger partial charge on any atom is -0.298 e. The van der Waals surface area contributed by atoms with Gasteiger partial charge in [0.15, 0.2) is 5.12 Å². The summed E-state index contributed by atoms with van der Waals surface area (Å²) >= 11 is 6.38. The summed E-state index contributed by atoms with van der Waals surface area (Å²) in [5.41, 5.74) is 0. The van der Waals surface area contributed by atoms with E-state index in [0.717, 1.165) is 11.8 Å². The Kier molecular flexibility index (Phi) is 5.73. The second kappa shape index (κ2) is 5.74. The van der Waals surface area contributed by atoms with E-state index in [1.807, 2.05) is 0 Å². The SMILES string of the molecule is CC(=O)SCCC(=O)CCl. The molecule has 0 N–H and O–H groups in total. The number of rotatable bonds is 4. The van der Waals surface area contributed by atoms with E-state index in [1.165, 1.54) is 6.92 Å². The van der Waals surface area contributed by atoms with Crippen LogP contribution < -0.4 is 0 Å². The van der Waals surface area contributed by atoms with Gasteiger partial charge in [-0.1, -0.05) is 11.8 Å². The molecule has 0 bridgehead atoms. The van der Waals surface area contributed by atoms with Gasteiger partial charge in [-0.05, 0) is 0 Å². The minimum atomic E-state index is -0.00424. The highest BCUT2D eigenvalue weighted by Crippen LogP contribution is 2.03. The van der Waals surface area contributed by atoms with Gasteiger partial charge in [0.2, 0.25) is 0 Å². The Balaban J connectivity index is 3.20. The van der Waals surface area contributed by atoms with Crippen LogP contribution in [0.15, 0.2) is 0 Å². The van der Waals surface area contributed by atoms with Crippen molar-refractivity contribution in [2.45, 2.75) is 13.3 Å². The van der Waals surface area contributed by atoms with Gasteiger partial charge >= 0.3 is 0 Å². The fraction of sp³-hybridized carbons (Fsp3) is 0.667. The van der Waals surface area contributed by atoms with Gasteiger partial charge in [-0.25, -0.2) is 0 Å². The van der Waals surface area contributed by atoms with Gasteiger partial charge < -0.3 is 0 Å². The molecule has 0 aliphatic rings. The lowest BCUT2D eigenvalue weighted by Crippen LogP contribution is -2.01. The van der Waals surface area contributed by atoms with Crippen molar-refractivity contribution in [2.75, 3.05) is 11.6 Å². The molecule has 0 aromatic carbocycles. The number of alkyl halides is 1. The normalized spacial score (nSPS) is 9.40. The van der Waals surface area contributed by atoms with Gasteiger partial charge in [-0.15, -0.1) is 11.6 Å². The molecule has 0 atom stereocenters. The molecule has 0 fully saturated rings. The molecule has 0 aromatic heterocycles. The number of carbonyl (C=O) groups is 2. The molecule has 4 heteroatoms. The lowest BCUT2D eigenvalue weighted by Gasteiger charge is -1.92. The predicted molar refractivity (Wildman–Crippen MR) is 43.5 cm³/mol. The Hall–Kier alpha value is -0.0200. The van der Waals surface area contributed by atoms with Crippen molar-refractivity contribution in [3.8, 4) is 0 Å². The van der Waals surface area contributed by atoms with Crippen molar-refractivity contribution in [3.63, 3.8) is 0 Å². The van der Waals surface area contributed by atoms with E-state index < -0.39 is 0 Å². The van der Waals surface area contributed by atoms with E-state index in [4.69, 9.17) is 11.6 Å². The van der Waals surface area contributed by atoms with Gasteiger partial charge in [0.25, 0.3) is 0 Å². The molecule has 0 aliphatic heterocycles. The maximum atomic E-state index is 10.5. The second-order valence-corrected chi connectivity index (χ2v) is 3.30. The van der Waals surface area contributed by atoms with Crippen molar-refractivity contribution in [1.82, 2.24) is 0 Å². The van der Waals surface area contributed by atoms with Crippen LogP contribution in [-0.4, -0.2) is 22.5 Å². The average Bonchev–Trinajstić information content (AvgIpc) is 1.87. The molecule has 0 aliphatic carbocycles. The highest BCUT2D eigenvalue weighted by Gasteiger charge is 2.00. The van der Waals surface area contributed by atoms with Crippen LogP contribution in [0.4, 0.5) is 0 Å². The van der Waals surface area contributed by atoms with Gasteiger partial charge in [0.05, 0.1) is 5.88 Å². The molecule has 0 saturated carbocycles. The maximum absolute atomic E-state index is 10.5. The van der Waals surface area contributed by atoms with Crippen molar-refractivity contribution >= 4 is 34.3 Å². The third-order valence-corrected chi connectivity index (χ3v) is 1.95. The average molecular weight is 181 g/mol. The van der Waals surface area contributed by atoms with Crippen LogP contribution in [-0.2, 0) is 9.59 Å². The Bertz CT molecular complexity index is 136. The summed E-state index contributed by atoms with van der Waals surface area (Å²) in [6.45, 7) is 1.48. The summed E-state index contributed by atoms with van der Waals surface area (Å²) in [5.74, 6) is 0.606. The monoisotopic (exact) mass is 180 g/mol. The summed E-state index contributed by atoms with van der Waals surface area (Å²) < 4.78 is 0. The number of thioether (sulfide) groups is 1. The van der Waals surface area contributed by atoms with E-state index in [-0.39, 0.29) is 16.8 Å². The van der Waals surface area contributed by atoms with Gasteiger partial charge in [-0.3, -0.25) is 9.59 Å². The topological polar surface area (TPSA) is 34.1 Å². The van der Waals surface area contributed by atoms with Crippen LogP contribution in [0.1, 0.15) is 13.3 Å². The summed E-state index contributed by atoms with van der Waals surface area (Å²) in [5, 5.41) is 0.0439. The first-order valence-corrected chi connectivity index (χ1v) is 4.40. The van der Waals surface area contributed by atoms with Crippen LogP contribution in [0, 0.1) is 0 Å². The number of ketones is 1. The molecule has 58 valence electrons. The molecular formula is C6H9ClO2S. The molecule has 0 amide bonds. The molecule has 0 aromatic rings. The Labute approximate surface area is 69.3 Å². The Morgan fingerprint density at radius 1 is 1.50 bits per heavy atom. The zero-order valence-corrected chi connectivity index (χ0v) is 7.30. The number of hydrogen-bond donors (Lipinski definition) is 0.